The second-order valence-corrected chi connectivity index (χ2v) is 11.2. The van der Waals surface area contributed by atoms with Crippen LogP contribution >= 0.6 is 0 Å². The van der Waals surface area contributed by atoms with Gasteiger partial charge in [-0.15, -0.1) is 0 Å². The number of benzene rings is 2. The minimum absolute atomic E-state index is 0.0171. The number of hydrogen-bond donors (Lipinski definition) is 4. The topological polar surface area (TPSA) is 127 Å². The van der Waals surface area contributed by atoms with Gasteiger partial charge < -0.3 is 20.2 Å². The number of unbranched alkanes of at least 4 members (excludes halogenated alkanes) is 2. The highest BCUT2D eigenvalue weighted by Crippen LogP contribution is 2.39. The van der Waals surface area contributed by atoms with E-state index in [1.807, 2.05) is 53.4 Å². The number of hydrogen-bond acceptors (Lipinski definition) is 6. The number of aliphatic hydroxyl groups excluding tert-OH is 2. The number of anilines is 1. The molecule has 9 heteroatoms. The summed E-state index contributed by atoms with van der Waals surface area (Å²) in [6, 6.07) is 15.9. The van der Waals surface area contributed by atoms with E-state index in [1.165, 1.54) is 5.56 Å². The van der Waals surface area contributed by atoms with Crippen molar-refractivity contribution in [2.45, 2.75) is 56.6 Å². The molecule has 1 fully saturated rings. The summed E-state index contributed by atoms with van der Waals surface area (Å²) in [5.41, 5.74) is 2.61. The molecular formula is C26H36N2O6S. The molecule has 0 spiro atoms. The minimum atomic E-state index is -3.12. The zero-order valence-electron chi connectivity index (χ0n) is 20.2. The van der Waals surface area contributed by atoms with Crippen molar-refractivity contribution in [1.29, 1.82) is 0 Å². The molecule has 192 valence electrons. The van der Waals surface area contributed by atoms with Crippen LogP contribution in [0.2, 0.25) is 0 Å². The van der Waals surface area contributed by atoms with E-state index in [9.17, 15) is 28.5 Å². The predicted molar refractivity (Wildman–Crippen MR) is 136 cm³/mol. The van der Waals surface area contributed by atoms with Crippen LogP contribution in [0.25, 0.3) is 0 Å². The van der Waals surface area contributed by atoms with Gasteiger partial charge in [-0.3, -0.25) is 4.79 Å². The summed E-state index contributed by atoms with van der Waals surface area (Å²) in [5, 5.41) is 28.5. The number of aliphatic hydroxyl groups is 3. The van der Waals surface area contributed by atoms with Crippen molar-refractivity contribution in [3.63, 3.8) is 0 Å². The minimum Gasteiger partial charge on any atom is -0.393 e. The van der Waals surface area contributed by atoms with Crippen LogP contribution in [0.1, 0.15) is 54.8 Å². The standard InChI is InChI=1S/C26H36N2O6S/c1-35(33,34)27-16-4-2-3-5-20-8-12-23(13-9-20)28-24(17-25(28)31)22-10-6-21(7-11-22)14-15-26(32,18-29)19-30/h6-13,24,27,29-30,32H,2-5,14-19H2,1H3. The van der Waals surface area contributed by atoms with Gasteiger partial charge in [0.15, 0.2) is 0 Å². The van der Waals surface area contributed by atoms with E-state index in [0.29, 0.717) is 19.4 Å². The Labute approximate surface area is 207 Å². The van der Waals surface area contributed by atoms with E-state index in [1.54, 1.807) is 0 Å². The van der Waals surface area contributed by atoms with Crippen molar-refractivity contribution in [3.8, 4) is 0 Å². The largest absolute Gasteiger partial charge is 0.393 e. The van der Waals surface area contributed by atoms with Crippen molar-refractivity contribution in [2.24, 2.45) is 0 Å². The summed E-state index contributed by atoms with van der Waals surface area (Å²) >= 11 is 0. The Hall–Kier alpha value is -2.30. The molecule has 1 atom stereocenters. The van der Waals surface area contributed by atoms with Crippen LogP contribution in [0.15, 0.2) is 48.5 Å². The van der Waals surface area contributed by atoms with Gasteiger partial charge >= 0.3 is 0 Å². The van der Waals surface area contributed by atoms with Crippen LogP contribution in [-0.4, -0.2) is 61.3 Å². The predicted octanol–water partition coefficient (Wildman–Crippen LogP) is 2.07. The van der Waals surface area contributed by atoms with Gasteiger partial charge in [0.25, 0.3) is 0 Å². The van der Waals surface area contributed by atoms with E-state index >= 15 is 0 Å². The fraction of sp³-hybridized carbons (Fsp3) is 0.500. The third-order valence-electron chi connectivity index (χ3n) is 6.50. The molecule has 2 aromatic carbocycles. The molecule has 0 radical (unpaired) electrons. The Morgan fingerprint density at radius 3 is 2.11 bits per heavy atom. The van der Waals surface area contributed by atoms with E-state index < -0.39 is 28.8 Å². The molecule has 0 aliphatic carbocycles. The molecular weight excluding hydrogens is 468 g/mol. The molecule has 2 aromatic rings. The van der Waals surface area contributed by atoms with Crippen LogP contribution in [-0.2, 0) is 27.7 Å². The number of β-lactam (4-membered cyclic amide) rings is 1. The molecule has 0 saturated carbocycles. The number of rotatable bonds is 14. The average molecular weight is 505 g/mol. The molecule has 0 aromatic heterocycles. The average Bonchev–Trinajstić information content (AvgIpc) is 2.84. The van der Waals surface area contributed by atoms with Crippen molar-refractivity contribution < 1.29 is 28.5 Å². The Balaban J connectivity index is 1.51. The lowest BCUT2D eigenvalue weighted by Gasteiger charge is -2.41. The quantitative estimate of drug-likeness (QED) is 0.230. The molecule has 3 rings (SSSR count). The van der Waals surface area contributed by atoms with Crippen molar-refractivity contribution in [2.75, 3.05) is 30.9 Å². The number of amides is 1. The van der Waals surface area contributed by atoms with Gasteiger partial charge in [-0.25, -0.2) is 13.1 Å². The second kappa shape index (κ2) is 12.1. The highest BCUT2D eigenvalue weighted by molar-refractivity contribution is 7.88. The van der Waals surface area contributed by atoms with Crippen LogP contribution in [0.3, 0.4) is 0 Å². The van der Waals surface area contributed by atoms with Gasteiger partial charge in [-0.1, -0.05) is 42.8 Å². The van der Waals surface area contributed by atoms with Crippen LogP contribution < -0.4 is 9.62 Å². The first kappa shape index (κ1) is 27.3. The van der Waals surface area contributed by atoms with Crippen molar-refractivity contribution in [1.82, 2.24) is 4.72 Å². The maximum absolute atomic E-state index is 12.4. The Morgan fingerprint density at radius 2 is 1.54 bits per heavy atom. The second-order valence-electron chi connectivity index (χ2n) is 9.41. The first-order valence-corrected chi connectivity index (χ1v) is 13.9. The third-order valence-corrected chi connectivity index (χ3v) is 7.23. The number of aryl methyl sites for hydroxylation is 2. The lowest BCUT2D eigenvalue weighted by atomic mass is 9.91. The van der Waals surface area contributed by atoms with Crippen molar-refractivity contribution >= 4 is 21.6 Å². The van der Waals surface area contributed by atoms with Crippen LogP contribution in [0, 0.1) is 0 Å². The molecule has 1 aliphatic rings. The maximum Gasteiger partial charge on any atom is 0.230 e. The molecule has 0 bridgehead atoms. The van der Waals surface area contributed by atoms with E-state index in [-0.39, 0.29) is 18.4 Å². The zero-order chi connectivity index (χ0) is 25.5. The number of nitrogens with one attached hydrogen (secondary N) is 1. The van der Waals surface area contributed by atoms with E-state index in [2.05, 4.69) is 4.72 Å². The van der Waals surface area contributed by atoms with Gasteiger partial charge in [0, 0.05) is 12.2 Å². The van der Waals surface area contributed by atoms with Crippen LogP contribution in [0.5, 0.6) is 0 Å². The summed E-state index contributed by atoms with van der Waals surface area (Å²) in [7, 11) is -3.12. The first-order chi connectivity index (χ1) is 16.6. The molecule has 1 heterocycles. The number of carbonyl (C=O) groups is 1. The highest BCUT2D eigenvalue weighted by atomic mass is 32.2. The molecule has 4 N–H and O–H groups in total. The fourth-order valence-electron chi connectivity index (χ4n) is 4.21. The molecule has 8 nitrogen and oxygen atoms in total. The van der Waals surface area contributed by atoms with Gasteiger partial charge in [0.1, 0.15) is 5.60 Å². The monoisotopic (exact) mass is 504 g/mol. The Kier molecular flexibility index (Phi) is 9.43. The summed E-state index contributed by atoms with van der Waals surface area (Å²) < 4.78 is 24.6. The summed E-state index contributed by atoms with van der Waals surface area (Å²) in [4.78, 5) is 14.2. The Bertz CT molecular complexity index is 1070. The number of sulfonamides is 1. The van der Waals surface area contributed by atoms with E-state index in [0.717, 1.165) is 48.8 Å². The Morgan fingerprint density at radius 1 is 0.943 bits per heavy atom. The molecule has 1 saturated heterocycles. The summed E-state index contributed by atoms with van der Waals surface area (Å²) in [6.45, 7) is -0.504. The van der Waals surface area contributed by atoms with Gasteiger partial charge in [0.05, 0.1) is 31.9 Å². The maximum atomic E-state index is 12.4. The lowest BCUT2D eigenvalue weighted by molar-refractivity contribution is -0.124. The number of carbonyl (C=O) groups excluding carboxylic acids is 1. The lowest BCUT2D eigenvalue weighted by Crippen LogP contribution is -2.46. The summed E-state index contributed by atoms with van der Waals surface area (Å²) in [5.74, 6) is 0.0844. The molecule has 35 heavy (non-hydrogen) atoms. The summed E-state index contributed by atoms with van der Waals surface area (Å²) in [6.07, 6.45) is 6.02. The van der Waals surface area contributed by atoms with E-state index in [4.69, 9.17) is 0 Å². The smallest absolute Gasteiger partial charge is 0.230 e. The first-order valence-electron chi connectivity index (χ1n) is 12.0. The zero-order valence-corrected chi connectivity index (χ0v) is 21.0. The number of nitrogens with zero attached hydrogens (tertiary/aromatic N) is 1. The van der Waals surface area contributed by atoms with Crippen LogP contribution in [0.4, 0.5) is 5.69 Å². The van der Waals surface area contributed by atoms with Crippen molar-refractivity contribution in [3.05, 3.63) is 65.2 Å². The molecule has 1 aliphatic heterocycles. The SMILES string of the molecule is CS(=O)(=O)NCCCCCc1ccc(N2C(=O)CC2c2ccc(CCC(O)(CO)CO)cc2)cc1. The fourth-order valence-corrected chi connectivity index (χ4v) is 4.73. The van der Waals surface area contributed by atoms with Gasteiger partial charge in [-0.2, -0.15) is 0 Å². The van der Waals surface area contributed by atoms with Gasteiger partial charge in [-0.05, 0) is 60.9 Å². The highest BCUT2D eigenvalue weighted by Gasteiger charge is 2.38. The third kappa shape index (κ3) is 7.85. The molecule has 1 unspecified atom stereocenters. The van der Waals surface area contributed by atoms with Gasteiger partial charge in [0.2, 0.25) is 15.9 Å². The normalized spacial score (nSPS) is 16.4. The molecule has 1 amide bonds.